The molecule has 0 aromatic heterocycles. The molecule has 0 aliphatic carbocycles. The molecule has 26 heavy (non-hydrogen) atoms. The predicted molar refractivity (Wildman–Crippen MR) is 94.0 cm³/mol. The van der Waals surface area contributed by atoms with Crippen molar-refractivity contribution in [3.63, 3.8) is 0 Å². The Bertz CT molecular complexity index is 846. The lowest BCUT2D eigenvalue weighted by molar-refractivity contribution is -0.145. The molecular formula is C20H17NO5. The molecule has 0 radical (unpaired) electrons. The van der Waals surface area contributed by atoms with Crippen LogP contribution >= 0.6 is 0 Å². The summed E-state index contributed by atoms with van der Waals surface area (Å²) in [5.74, 6) is -1.60. The Labute approximate surface area is 150 Å². The van der Waals surface area contributed by atoms with E-state index in [-0.39, 0.29) is 5.91 Å². The van der Waals surface area contributed by atoms with Gasteiger partial charge in [0.15, 0.2) is 0 Å². The highest BCUT2D eigenvalue weighted by molar-refractivity contribution is 5.96. The summed E-state index contributed by atoms with van der Waals surface area (Å²) in [7, 11) is 0. The Balaban J connectivity index is 1.43. The second kappa shape index (κ2) is 6.65. The number of rotatable bonds is 5. The average molecular weight is 351 g/mol. The van der Waals surface area contributed by atoms with Crippen molar-refractivity contribution in [3.05, 3.63) is 66.7 Å². The van der Waals surface area contributed by atoms with Crippen LogP contribution in [-0.2, 0) is 14.3 Å². The lowest BCUT2D eigenvalue weighted by Crippen LogP contribution is -2.39. The summed E-state index contributed by atoms with van der Waals surface area (Å²) in [6.45, 7) is 0. The highest BCUT2D eigenvalue weighted by Gasteiger charge is 2.53. The summed E-state index contributed by atoms with van der Waals surface area (Å²) < 4.78 is 11.2. The minimum absolute atomic E-state index is 0.356. The Morgan fingerprint density at radius 3 is 2.15 bits per heavy atom. The van der Waals surface area contributed by atoms with Crippen molar-refractivity contribution < 1.29 is 24.2 Å². The maximum atomic E-state index is 12.6. The van der Waals surface area contributed by atoms with Gasteiger partial charge in [-0.3, -0.25) is 9.59 Å². The maximum Gasteiger partial charge on any atom is 0.310 e. The molecule has 2 aliphatic heterocycles. The Morgan fingerprint density at radius 1 is 0.885 bits per heavy atom. The topological polar surface area (TPSA) is 84.9 Å². The molecule has 2 bridgehead atoms. The monoisotopic (exact) mass is 351 g/mol. The number of aliphatic carboxylic acids is 1. The van der Waals surface area contributed by atoms with E-state index >= 15 is 0 Å². The number of anilines is 1. The van der Waals surface area contributed by atoms with Crippen molar-refractivity contribution in [2.24, 2.45) is 11.8 Å². The molecule has 0 saturated carbocycles. The van der Waals surface area contributed by atoms with Gasteiger partial charge in [0, 0.05) is 5.69 Å². The number of nitrogens with one attached hydrogen (secondary N) is 1. The predicted octanol–water partition coefficient (Wildman–Crippen LogP) is 3.07. The SMILES string of the molecule is O=C(O)[C@@H]1[C@@H](C(=O)Nc2ccc(Oc3ccccc3)cc2)[C@H]2C=C[C@@H]1O2. The van der Waals surface area contributed by atoms with E-state index < -0.39 is 30.0 Å². The molecule has 2 aromatic rings. The Kier molecular flexibility index (Phi) is 4.18. The normalized spacial score (nSPS) is 25.8. The Hall–Kier alpha value is -3.12. The minimum Gasteiger partial charge on any atom is -0.481 e. The van der Waals surface area contributed by atoms with Crippen LogP contribution in [0.25, 0.3) is 0 Å². The van der Waals surface area contributed by atoms with Gasteiger partial charge >= 0.3 is 5.97 Å². The molecule has 1 amide bonds. The van der Waals surface area contributed by atoms with Gasteiger partial charge in [-0.15, -0.1) is 0 Å². The first kappa shape index (κ1) is 16.4. The number of ether oxygens (including phenoxy) is 2. The molecule has 0 unspecified atom stereocenters. The smallest absolute Gasteiger partial charge is 0.310 e. The van der Waals surface area contributed by atoms with Crippen LogP contribution in [0.4, 0.5) is 5.69 Å². The fourth-order valence-corrected chi connectivity index (χ4v) is 3.37. The van der Waals surface area contributed by atoms with E-state index in [0.29, 0.717) is 11.4 Å². The van der Waals surface area contributed by atoms with Crippen molar-refractivity contribution >= 4 is 17.6 Å². The summed E-state index contributed by atoms with van der Waals surface area (Å²) in [6.07, 6.45) is 2.45. The third-order valence-electron chi connectivity index (χ3n) is 4.59. The number of amides is 1. The van der Waals surface area contributed by atoms with Gasteiger partial charge in [-0.2, -0.15) is 0 Å². The number of carbonyl (C=O) groups excluding carboxylic acids is 1. The van der Waals surface area contributed by atoms with E-state index in [1.165, 1.54) is 0 Å². The lowest BCUT2D eigenvalue weighted by atomic mass is 9.82. The van der Waals surface area contributed by atoms with Crippen molar-refractivity contribution in [3.8, 4) is 11.5 Å². The molecule has 6 nitrogen and oxygen atoms in total. The quantitative estimate of drug-likeness (QED) is 0.809. The number of benzene rings is 2. The van der Waals surface area contributed by atoms with Crippen molar-refractivity contribution in [1.29, 1.82) is 0 Å². The van der Waals surface area contributed by atoms with Crippen LogP contribution in [0.5, 0.6) is 11.5 Å². The second-order valence-electron chi connectivity index (χ2n) is 6.27. The van der Waals surface area contributed by atoms with Crippen LogP contribution < -0.4 is 10.1 Å². The summed E-state index contributed by atoms with van der Waals surface area (Å²) in [5, 5.41) is 12.2. The minimum atomic E-state index is -1.02. The summed E-state index contributed by atoms with van der Waals surface area (Å²) in [4.78, 5) is 24.0. The lowest BCUT2D eigenvalue weighted by Gasteiger charge is -2.21. The first-order chi connectivity index (χ1) is 12.6. The third kappa shape index (κ3) is 3.07. The number of carbonyl (C=O) groups is 2. The summed E-state index contributed by atoms with van der Waals surface area (Å²) >= 11 is 0. The molecule has 0 spiro atoms. The summed E-state index contributed by atoms with van der Waals surface area (Å²) in [5.41, 5.74) is 0.575. The number of para-hydroxylation sites is 1. The molecular weight excluding hydrogens is 334 g/mol. The van der Waals surface area contributed by atoms with E-state index in [0.717, 1.165) is 5.75 Å². The number of hydrogen-bond donors (Lipinski definition) is 2. The fourth-order valence-electron chi connectivity index (χ4n) is 3.37. The van der Waals surface area contributed by atoms with Gasteiger partial charge in [0.25, 0.3) is 0 Å². The number of carboxylic acids is 1. The van der Waals surface area contributed by atoms with Crippen LogP contribution in [0.3, 0.4) is 0 Å². The third-order valence-corrected chi connectivity index (χ3v) is 4.59. The molecule has 2 aliphatic rings. The van der Waals surface area contributed by atoms with Gasteiger partial charge in [0.2, 0.25) is 5.91 Å². The molecule has 2 N–H and O–H groups in total. The zero-order chi connectivity index (χ0) is 18.1. The first-order valence-electron chi connectivity index (χ1n) is 8.32. The molecule has 1 saturated heterocycles. The van der Waals surface area contributed by atoms with Crippen molar-refractivity contribution in [1.82, 2.24) is 0 Å². The van der Waals surface area contributed by atoms with Crippen LogP contribution in [0.1, 0.15) is 0 Å². The molecule has 132 valence electrons. The maximum absolute atomic E-state index is 12.6. The van der Waals surface area contributed by atoms with Gasteiger partial charge < -0.3 is 19.9 Å². The number of carboxylic acid groups (broad SMARTS) is 1. The zero-order valence-corrected chi connectivity index (χ0v) is 13.7. The van der Waals surface area contributed by atoms with E-state index in [2.05, 4.69) is 5.32 Å². The van der Waals surface area contributed by atoms with E-state index in [1.807, 2.05) is 30.3 Å². The van der Waals surface area contributed by atoms with Gasteiger partial charge in [-0.25, -0.2) is 0 Å². The van der Waals surface area contributed by atoms with E-state index in [1.54, 1.807) is 36.4 Å². The number of hydrogen-bond acceptors (Lipinski definition) is 4. The van der Waals surface area contributed by atoms with Crippen LogP contribution in [0.15, 0.2) is 66.7 Å². The molecule has 2 aromatic carbocycles. The first-order valence-corrected chi connectivity index (χ1v) is 8.32. The highest BCUT2D eigenvalue weighted by atomic mass is 16.5. The van der Waals surface area contributed by atoms with E-state index in [4.69, 9.17) is 9.47 Å². The van der Waals surface area contributed by atoms with Crippen LogP contribution in [0, 0.1) is 11.8 Å². The summed E-state index contributed by atoms with van der Waals surface area (Å²) in [6, 6.07) is 16.3. The Morgan fingerprint density at radius 2 is 1.50 bits per heavy atom. The van der Waals surface area contributed by atoms with Crippen molar-refractivity contribution in [2.75, 3.05) is 5.32 Å². The standard InChI is InChI=1S/C20H17NO5/c22-19(17-15-10-11-16(26-15)18(17)20(23)24)21-12-6-8-14(9-7-12)25-13-4-2-1-3-5-13/h1-11,15-18H,(H,21,22)(H,23,24)/t15-,16+,17+,18+/m1/s1. The van der Waals surface area contributed by atoms with Gasteiger partial charge in [-0.1, -0.05) is 30.4 Å². The number of fused-ring (bicyclic) bond motifs is 2. The van der Waals surface area contributed by atoms with Gasteiger partial charge in [0.05, 0.1) is 18.1 Å². The van der Waals surface area contributed by atoms with Gasteiger partial charge in [-0.05, 0) is 36.4 Å². The highest BCUT2D eigenvalue weighted by Crippen LogP contribution is 2.40. The zero-order valence-electron chi connectivity index (χ0n) is 13.7. The fraction of sp³-hybridized carbons (Fsp3) is 0.200. The van der Waals surface area contributed by atoms with Crippen molar-refractivity contribution in [2.45, 2.75) is 12.2 Å². The van der Waals surface area contributed by atoms with Crippen LogP contribution in [-0.4, -0.2) is 29.2 Å². The van der Waals surface area contributed by atoms with Gasteiger partial charge in [0.1, 0.15) is 17.4 Å². The van der Waals surface area contributed by atoms with E-state index in [9.17, 15) is 14.7 Å². The molecule has 4 rings (SSSR count). The molecule has 6 heteroatoms. The molecule has 4 atom stereocenters. The molecule has 1 fully saturated rings. The average Bonchev–Trinajstić information content (AvgIpc) is 3.25. The van der Waals surface area contributed by atoms with Crippen LogP contribution in [0.2, 0.25) is 0 Å². The molecule has 2 heterocycles. The second-order valence-corrected chi connectivity index (χ2v) is 6.27. The largest absolute Gasteiger partial charge is 0.481 e.